The number of hydrogen-bond acceptors (Lipinski definition) is 2. The molecule has 66 valence electrons. The first kappa shape index (κ1) is 9.83. The van der Waals surface area contributed by atoms with E-state index in [-0.39, 0.29) is 0 Å². The molecule has 0 bridgehead atoms. The zero-order valence-electron chi connectivity index (χ0n) is 7.21. The van der Waals surface area contributed by atoms with Gasteiger partial charge in [-0.2, -0.15) is 10.5 Å². The fourth-order valence-electron chi connectivity index (χ4n) is 1.14. The molecule has 3 nitrogen and oxygen atoms in total. The molecule has 0 aliphatic heterocycles. The Bertz CT molecular complexity index is 392. The number of halogens is 1. The summed E-state index contributed by atoms with van der Waals surface area (Å²) in [5.74, 6) is 0. The van der Waals surface area contributed by atoms with Gasteiger partial charge in [-0.1, -0.05) is 6.92 Å². The summed E-state index contributed by atoms with van der Waals surface area (Å²) in [5, 5.41) is 17.5. The minimum atomic E-state index is 0.519. The van der Waals surface area contributed by atoms with Crippen LogP contribution in [-0.4, -0.2) is 4.57 Å². The smallest absolute Gasteiger partial charge is 0.122 e. The van der Waals surface area contributed by atoms with Gasteiger partial charge in [0.15, 0.2) is 0 Å². The summed E-state index contributed by atoms with van der Waals surface area (Å²) < 4.78 is 2.51. The van der Waals surface area contributed by atoms with E-state index in [0.717, 1.165) is 13.0 Å². The predicted octanol–water partition coefficient (Wildman–Crippen LogP) is 2.40. The van der Waals surface area contributed by atoms with Crippen molar-refractivity contribution in [3.63, 3.8) is 0 Å². The SMILES string of the molecule is CCCn1c(C#N)cc(C#N)c1Br. The van der Waals surface area contributed by atoms with E-state index in [1.54, 1.807) is 10.6 Å². The summed E-state index contributed by atoms with van der Waals surface area (Å²) in [6.45, 7) is 2.78. The molecular formula is C9H8BrN3. The van der Waals surface area contributed by atoms with Crippen molar-refractivity contribution in [3.05, 3.63) is 21.9 Å². The maximum absolute atomic E-state index is 8.78. The molecule has 1 aromatic heterocycles. The fraction of sp³-hybridized carbons (Fsp3) is 0.333. The molecule has 0 atom stereocenters. The van der Waals surface area contributed by atoms with Gasteiger partial charge in [0.1, 0.15) is 22.4 Å². The Labute approximate surface area is 85.3 Å². The van der Waals surface area contributed by atoms with Crippen LogP contribution in [0.1, 0.15) is 24.6 Å². The van der Waals surface area contributed by atoms with Gasteiger partial charge in [-0.25, -0.2) is 0 Å². The first-order valence-electron chi connectivity index (χ1n) is 3.93. The lowest BCUT2D eigenvalue weighted by molar-refractivity contribution is 0.663. The molecule has 1 heterocycles. The normalized spacial score (nSPS) is 9.23. The van der Waals surface area contributed by atoms with Gasteiger partial charge in [-0.3, -0.25) is 0 Å². The van der Waals surface area contributed by atoms with Gasteiger partial charge >= 0.3 is 0 Å². The molecule has 0 fully saturated rings. The highest BCUT2D eigenvalue weighted by molar-refractivity contribution is 9.10. The molecule has 0 N–H and O–H groups in total. The molecule has 0 aromatic carbocycles. The lowest BCUT2D eigenvalue weighted by atomic mass is 10.3. The molecule has 0 saturated heterocycles. The molecule has 0 aliphatic carbocycles. The number of rotatable bonds is 2. The summed E-state index contributed by atoms with van der Waals surface area (Å²) in [6.07, 6.45) is 0.937. The van der Waals surface area contributed by atoms with Crippen molar-refractivity contribution in [2.75, 3.05) is 0 Å². The Kier molecular flexibility index (Phi) is 3.11. The van der Waals surface area contributed by atoms with Crippen LogP contribution in [0.5, 0.6) is 0 Å². The van der Waals surface area contributed by atoms with E-state index < -0.39 is 0 Å². The highest BCUT2D eigenvalue weighted by Gasteiger charge is 2.11. The predicted molar refractivity (Wildman–Crippen MR) is 51.9 cm³/mol. The van der Waals surface area contributed by atoms with E-state index in [0.29, 0.717) is 15.9 Å². The average Bonchev–Trinajstić information content (AvgIpc) is 2.45. The van der Waals surface area contributed by atoms with Crippen molar-refractivity contribution in [1.82, 2.24) is 4.57 Å². The Morgan fingerprint density at radius 3 is 2.62 bits per heavy atom. The maximum Gasteiger partial charge on any atom is 0.122 e. The van der Waals surface area contributed by atoms with E-state index in [4.69, 9.17) is 10.5 Å². The van der Waals surface area contributed by atoms with Crippen LogP contribution in [0.2, 0.25) is 0 Å². The van der Waals surface area contributed by atoms with Crippen molar-refractivity contribution in [3.8, 4) is 12.1 Å². The van der Waals surface area contributed by atoms with Gasteiger partial charge in [0.25, 0.3) is 0 Å². The average molecular weight is 238 g/mol. The Hall–Kier alpha value is -1.26. The summed E-state index contributed by atoms with van der Waals surface area (Å²) in [6, 6.07) is 5.68. The first-order chi connectivity index (χ1) is 6.24. The van der Waals surface area contributed by atoms with Gasteiger partial charge in [0.2, 0.25) is 0 Å². The molecule has 1 aromatic rings. The van der Waals surface area contributed by atoms with Gasteiger partial charge in [-0.05, 0) is 28.4 Å². The molecule has 0 amide bonds. The standard InChI is InChI=1S/C9H8BrN3/c1-2-3-13-8(6-12)4-7(5-11)9(13)10/h4H,2-3H2,1H3. The fourth-order valence-corrected chi connectivity index (χ4v) is 1.71. The molecule has 0 spiro atoms. The van der Waals surface area contributed by atoms with Gasteiger partial charge in [0.05, 0.1) is 5.56 Å². The molecule has 0 saturated carbocycles. The number of aromatic nitrogens is 1. The Morgan fingerprint density at radius 1 is 1.46 bits per heavy atom. The van der Waals surface area contributed by atoms with Gasteiger partial charge in [-0.15, -0.1) is 0 Å². The van der Waals surface area contributed by atoms with Crippen molar-refractivity contribution in [2.45, 2.75) is 19.9 Å². The summed E-state index contributed by atoms with van der Waals surface area (Å²) >= 11 is 3.29. The third kappa shape index (κ3) is 1.74. The highest BCUT2D eigenvalue weighted by atomic mass is 79.9. The first-order valence-corrected chi connectivity index (χ1v) is 4.73. The van der Waals surface area contributed by atoms with Crippen LogP contribution in [0.4, 0.5) is 0 Å². The lowest BCUT2D eigenvalue weighted by Crippen LogP contribution is -1.99. The van der Waals surface area contributed by atoms with Crippen molar-refractivity contribution in [2.24, 2.45) is 0 Å². The van der Waals surface area contributed by atoms with Crippen molar-refractivity contribution < 1.29 is 0 Å². The second-order valence-corrected chi connectivity index (χ2v) is 3.36. The Balaban J connectivity index is 3.24. The summed E-state index contributed by atoms with van der Waals surface area (Å²) in [7, 11) is 0. The van der Waals surface area contributed by atoms with Crippen molar-refractivity contribution >= 4 is 15.9 Å². The number of nitriles is 2. The van der Waals surface area contributed by atoms with Crippen LogP contribution >= 0.6 is 15.9 Å². The zero-order valence-corrected chi connectivity index (χ0v) is 8.80. The van der Waals surface area contributed by atoms with E-state index >= 15 is 0 Å². The Morgan fingerprint density at radius 2 is 2.15 bits per heavy atom. The molecule has 0 radical (unpaired) electrons. The molecule has 0 aliphatic rings. The van der Waals surface area contributed by atoms with E-state index in [1.165, 1.54) is 0 Å². The monoisotopic (exact) mass is 237 g/mol. The van der Waals surface area contributed by atoms with Crippen molar-refractivity contribution in [1.29, 1.82) is 10.5 Å². The largest absolute Gasteiger partial charge is 0.326 e. The topological polar surface area (TPSA) is 52.5 Å². The molecule has 1 rings (SSSR count). The van der Waals surface area contributed by atoms with Gasteiger partial charge < -0.3 is 4.57 Å². The highest BCUT2D eigenvalue weighted by Crippen LogP contribution is 2.21. The maximum atomic E-state index is 8.78. The lowest BCUT2D eigenvalue weighted by Gasteiger charge is -2.02. The van der Waals surface area contributed by atoms with E-state index in [2.05, 4.69) is 22.0 Å². The molecule has 13 heavy (non-hydrogen) atoms. The van der Waals surface area contributed by atoms with Gasteiger partial charge in [0, 0.05) is 6.54 Å². The van der Waals surface area contributed by atoms with Crippen LogP contribution in [-0.2, 0) is 6.54 Å². The molecule has 0 unspecified atom stereocenters. The van der Waals surface area contributed by atoms with E-state index in [1.807, 2.05) is 13.0 Å². The van der Waals surface area contributed by atoms with E-state index in [9.17, 15) is 0 Å². The quantitative estimate of drug-likeness (QED) is 0.794. The second kappa shape index (κ2) is 4.11. The summed E-state index contributed by atoms with van der Waals surface area (Å²) in [5.41, 5.74) is 1.05. The van der Waals surface area contributed by atoms with Crippen LogP contribution in [0.15, 0.2) is 10.7 Å². The molecular weight excluding hydrogens is 230 g/mol. The van der Waals surface area contributed by atoms with Crippen LogP contribution < -0.4 is 0 Å². The minimum Gasteiger partial charge on any atom is -0.326 e. The summed E-state index contributed by atoms with van der Waals surface area (Å²) in [4.78, 5) is 0. The number of nitrogens with zero attached hydrogens (tertiary/aromatic N) is 3. The number of hydrogen-bond donors (Lipinski definition) is 0. The van der Waals surface area contributed by atoms with Crippen LogP contribution in [0.25, 0.3) is 0 Å². The second-order valence-electron chi connectivity index (χ2n) is 2.61. The third-order valence-electron chi connectivity index (χ3n) is 1.71. The van der Waals surface area contributed by atoms with Crippen LogP contribution in [0.3, 0.4) is 0 Å². The zero-order chi connectivity index (χ0) is 9.84. The third-order valence-corrected chi connectivity index (χ3v) is 2.57. The minimum absolute atomic E-state index is 0.519. The van der Waals surface area contributed by atoms with Crippen LogP contribution in [0, 0.1) is 22.7 Å². The molecule has 4 heteroatoms.